The Morgan fingerprint density at radius 3 is 2.80 bits per heavy atom. The summed E-state index contributed by atoms with van der Waals surface area (Å²) in [6.07, 6.45) is 4.32. The van der Waals surface area contributed by atoms with Gasteiger partial charge in [0.05, 0.1) is 31.6 Å². The van der Waals surface area contributed by atoms with Crippen LogP contribution in [0, 0.1) is 0 Å². The van der Waals surface area contributed by atoms with Crippen LogP contribution in [0.2, 0.25) is 0 Å². The predicted octanol–water partition coefficient (Wildman–Crippen LogP) is 0.772. The van der Waals surface area contributed by atoms with E-state index in [4.69, 9.17) is 9.47 Å². The Kier molecular flexibility index (Phi) is 5.33. The maximum atomic E-state index is 13.0. The number of fused-ring (bicyclic) bond motifs is 1. The topological polar surface area (TPSA) is 134 Å². The monoisotopic (exact) mass is 409 g/mol. The molecule has 1 atom stereocenters. The Morgan fingerprint density at radius 1 is 1.20 bits per heavy atom. The van der Waals surface area contributed by atoms with Gasteiger partial charge in [-0.1, -0.05) is 0 Å². The van der Waals surface area contributed by atoms with Gasteiger partial charge in [-0.15, -0.1) is 10.2 Å². The van der Waals surface area contributed by atoms with Gasteiger partial charge in [0, 0.05) is 24.9 Å². The molecule has 4 rings (SSSR count). The van der Waals surface area contributed by atoms with Crippen molar-refractivity contribution in [1.82, 2.24) is 35.0 Å². The molecule has 1 N–H and O–H groups in total. The van der Waals surface area contributed by atoms with E-state index >= 15 is 0 Å². The minimum Gasteiger partial charge on any atom is -0.480 e. The number of methoxy groups -OCH3 is 2. The summed E-state index contributed by atoms with van der Waals surface area (Å²) in [5.74, 6) is 0.304. The van der Waals surface area contributed by atoms with E-state index in [0.717, 1.165) is 6.42 Å². The van der Waals surface area contributed by atoms with Crippen molar-refractivity contribution in [3.63, 3.8) is 0 Å². The third kappa shape index (κ3) is 3.69. The zero-order valence-corrected chi connectivity index (χ0v) is 16.4. The van der Waals surface area contributed by atoms with Gasteiger partial charge in [-0.05, 0) is 18.9 Å². The zero-order chi connectivity index (χ0) is 21.1. The highest BCUT2D eigenvalue weighted by molar-refractivity contribution is 5.96. The van der Waals surface area contributed by atoms with E-state index in [0.29, 0.717) is 30.2 Å². The van der Waals surface area contributed by atoms with Gasteiger partial charge in [0.2, 0.25) is 11.8 Å². The number of ether oxygens (including phenoxy) is 2. The second-order valence-corrected chi connectivity index (χ2v) is 6.56. The van der Waals surface area contributed by atoms with Crippen LogP contribution in [-0.4, -0.2) is 49.8 Å². The minimum absolute atomic E-state index is 0.0733. The second kappa shape index (κ2) is 8.23. The molecule has 4 heterocycles. The normalized spacial score (nSPS) is 15.2. The maximum absolute atomic E-state index is 13.0. The van der Waals surface area contributed by atoms with Gasteiger partial charge in [-0.2, -0.15) is 0 Å². The molecule has 0 aromatic carbocycles. The number of carbonyl (C=O) groups is 1. The van der Waals surface area contributed by atoms with Gasteiger partial charge in [0.15, 0.2) is 0 Å². The van der Waals surface area contributed by atoms with Crippen LogP contribution in [0.4, 0.5) is 0 Å². The number of carbonyl (C=O) groups excluding carboxylic acids is 1. The summed E-state index contributed by atoms with van der Waals surface area (Å²) in [7, 11) is 2.83. The fraction of sp³-hybridized carbons (Fsp3) is 0.316. The Bertz CT molecular complexity index is 1130. The first-order valence-electron chi connectivity index (χ1n) is 9.25. The lowest BCUT2D eigenvalue weighted by atomic mass is 10.1. The first-order valence-corrected chi connectivity index (χ1v) is 9.25. The molecule has 0 bridgehead atoms. The molecule has 0 saturated carbocycles. The van der Waals surface area contributed by atoms with E-state index in [2.05, 4.69) is 30.5 Å². The average molecular weight is 409 g/mol. The molecular weight excluding hydrogens is 390 g/mol. The van der Waals surface area contributed by atoms with E-state index in [1.807, 2.05) is 0 Å². The summed E-state index contributed by atoms with van der Waals surface area (Å²) < 4.78 is 11.8. The van der Waals surface area contributed by atoms with Gasteiger partial charge in [0.25, 0.3) is 11.5 Å². The van der Waals surface area contributed by atoms with Crippen molar-refractivity contribution in [3.8, 4) is 23.1 Å². The lowest BCUT2D eigenvalue weighted by molar-refractivity contribution is 0.0922. The number of nitrogens with one attached hydrogen (secondary N) is 1. The molecule has 0 saturated heterocycles. The quantitative estimate of drug-likeness (QED) is 0.648. The minimum atomic E-state index is -0.468. The van der Waals surface area contributed by atoms with Crippen molar-refractivity contribution in [3.05, 3.63) is 52.5 Å². The van der Waals surface area contributed by atoms with E-state index < -0.39 is 11.9 Å². The Morgan fingerprint density at radius 2 is 2.07 bits per heavy atom. The molecule has 0 spiro atoms. The lowest BCUT2D eigenvalue weighted by Crippen LogP contribution is -2.38. The van der Waals surface area contributed by atoms with Gasteiger partial charge in [0.1, 0.15) is 17.7 Å². The van der Waals surface area contributed by atoms with Crippen molar-refractivity contribution in [2.75, 3.05) is 14.2 Å². The average Bonchev–Trinajstić information content (AvgIpc) is 2.79. The summed E-state index contributed by atoms with van der Waals surface area (Å²) in [5.41, 5.74) is 0.943. The molecule has 11 heteroatoms. The third-order valence-electron chi connectivity index (χ3n) is 4.76. The molecule has 1 amide bonds. The van der Waals surface area contributed by atoms with Gasteiger partial charge < -0.3 is 14.8 Å². The van der Waals surface area contributed by atoms with E-state index in [9.17, 15) is 9.59 Å². The van der Waals surface area contributed by atoms with Crippen LogP contribution in [0.25, 0.3) is 11.4 Å². The molecule has 3 aromatic heterocycles. The molecular formula is C19H19N7O4. The van der Waals surface area contributed by atoms with E-state index in [-0.39, 0.29) is 22.9 Å². The molecule has 154 valence electrons. The Balaban J connectivity index is 1.69. The highest BCUT2D eigenvalue weighted by Gasteiger charge is 2.27. The molecule has 3 aromatic rings. The van der Waals surface area contributed by atoms with Crippen LogP contribution in [0.3, 0.4) is 0 Å². The molecule has 0 aliphatic carbocycles. The summed E-state index contributed by atoms with van der Waals surface area (Å²) in [6, 6.07) is 4.10. The molecule has 1 aliphatic heterocycles. The fourth-order valence-electron chi connectivity index (χ4n) is 3.32. The van der Waals surface area contributed by atoms with Crippen LogP contribution >= 0.6 is 0 Å². The van der Waals surface area contributed by atoms with Crippen LogP contribution in [-0.2, 0) is 6.54 Å². The van der Waals surface area contributed by atoms with Gasteiger partial charge >= 0.3 is 0 Å². The SMILES string of the molecule is COc1cc(C(=O)NC2CCCn3c2nc(-c2ccncn2)cc3=O)c(OC)nn1. The summed E-state index contributed by atoms with van der Waals surface area (Å²) in [6.45, 7) is 0.533. The molecule has 1 aliphatic rings. The third-order valence-corrected chi connectivity index (χ3v) is 4.76. The molecule has 30 heavy (non-hydrogen) atoms. The number of hydrogen-bond donors (Lipinski definition) is 1. The van der Waals surface area contributed by atoms with Crippen LogP contribution < -0.4 is 20.3 Å². The van der Waals surface area contributed by atoms with Crippen LogP contribution in [0.1, 0.15) is 35.1 Å². The van der Waals surface area contributed by atoms with Crippen molar-refractivity contribution in [2.24, 2.45) is 0 Å². The van der Waals surface area contributed by atoms with Gasteiger partial charge in [-0.25, -0.2) is 15.0 Å². The number of amides is 1. The molecule has 11 nitrogen and oxygen atoms in total. The number of aromatic nitrogens is 6. The summed E-state index contributed by atoms with van der Waals surface area (Å²) in [4.78, 5) is 38.3. The Hall–Kier alpha value is -3.89. The van der Waals surface area contributed by atoms with Crippen molar-refractivity contribution in [2.45, 2.75) is 25.4 Å². The van der Waals surface area contributed by atoms with Crippen molar-refractivity contribution < 1.29 is 14.3 Å². The summed E-state index contributed by atoms with van der Waals surface area (Å²) >= 11 is 0. The standard InChI is InChI=1S/C19H19N7O4/c1-29-15-8-11(19(30-2)25-24-15)18(28)23-13-4-3-7-26-16(27)9-14(22-17(13)26)12-5-6-20-10-21-12/h5-6,8-10,13H,3-4,7H2,1-2H3,(H,23,28). The van der Waals surface area contributed by atoms with E-state index in [1.54, 1.807) is 16.8 Å². The number of rotatable bonds is 5. The highest BCUT2D eigenvalue weighted by atomic mass is 16.5. The first-order chi connectivity index (χ1) is 14.6. The predicted molar refractivity (Wildman–Crippen MR) is 104 cm³/mol. The van der Waals surface area contributed by atoms with Crippen LogP contribution in [0.15, 0.2) is 35.5 Å². The second-order valence-electron chi connectivity index (χ2n) is 6.56. The fourth-order valence-corrected chi connectivity index (χ4v) is 3.32. The van der Waals surface area contributed by atoms with Crippen molar-refractivity contribution in [1.29, 1.82) is 0 Å². The highest BCUT2D eigenvalue weighted by Crippen LogP contribution is 2.26. The maximum Gasteiger partial charge on any atom is 0.257 e. The molecule has 0 radical (unpaired) electrons. The summed E-state index contributed by atoms with van der Waals surface area (Å²) in [5, 5.41) is 10.6. The van der Waals surface area contributed by atoms with Crippen LogP contribution in [0.5, 0.6) is 11.8 Å². The first kappa shape index (κ1) is 19.4. The van der Waals surface area contributed by atoms with Gasteiger partial charge in [-0.3, -0.25) is 14.2 Å². The molecule has 1 unspecified atom stereocenters. The number of hydrogen-bond acceptors (Lipinski definition) is 9. The van der Waals surface area contributed by atoms with E-state index in [1.165, 1.54) is 32.7 Å². The largest absolute Gasteiger partial charge is 0.480 e. The zero-order valence-electron chi connectivity index (χ0n) is 16.4. The lowest BCUT2D eigenvalue weighted by Gasteiger charge is -2.27. The van der Waals surface area contributed by atoms with Crippen molar-refractivity contribution >= 4 is 5.91 Å². The molecule has 0 fully saturated rings. The number of nitrogens with zero attached hydrogens (tertiary/aromatic N) is 6. The smallest absolute Gasteiger partial charge is 0.257 e. The Labute approximate surface area is 171 Å².